The number of hydrogen-bond acceptors (Lipinski definition) is 7. The Bertz CT molecular complexity index is 429. The molecule has 0 aromatic heterocycles. The lowest BCUT2D eigenvalue weighted by Gasteiger charge is -2.17. The molecule has 0 heterocycles. The zero-order valence-corrected chi connectivity index (χ0v) is 19.2. The highest BCUT2D eigenvalue weighted by Crippen LogP contribution is 2.19. The molecular weight excluding hydrogens is 435 g/mol. The van der Waals surface area contributed by atoms with E-state index >= 15 is 0 Å². The van der Waals surface area contributed by atoms with E-state index in [-0.39, 0.29) is 19.1 Å². The van der Waals surface area contributed by atoms with Gasteiger partial charge in [0.1, 0.15) is 0 Å². The van der Waals surface area contributed by atoms with Gasteiger partial charge in [0.25, 0.3) is 0 Å². The first-order valence-corrected chi connectivity index (χ1v) is 11.2. The van der Waals surface area contributed by atoms with Gasteiger partial charge in [-0.05, 0) is 12.8 Å². The molecule has 32 heavy (non-hydrogen) atoms. The molecule has 0 spiro atoms. The first kappa shape index (κ1) is 31.0. The molecule has 192 valence electrons. The Hall–Kier alpha value is -0.980. The van der Waals surface area contributed by atoms with Crippen LogP contribution in [-0.4, -0.2) is 108 Å². The topological polar surface area (TPSA) is 86.7 Å². The molecule has 0 unspecified atom stereocenters. The molecule has 0 rings (SSSR count). The number of likely N-dealkylation sites (N-methyl/N-ethyl adjacent to an activating group) is 1. The predicted octanol–water partition coefficient (Wildman–Crippen LogP) is 2.42. The number of nitrogens with zero attached hydrogens (tertiary/aromatic N) is 1. The van der Waals surface area contributed by atoms with E-state index in [0.717, 1.165) is 19.3 Å². The molecule has 0 aromatic carbocycles. The molecule has 1 amide bonds. The van der Waals surface area contributed by atoms with E-state index in [9.17, 15) is 18.0 Å². The van der Waals surface area contributed by atoms with E-state index in [0.29, 0.717) is 78.8 Å². The fourth-order valence-corrected chi connectivity index (χ4v) is 2.47. The SMILES string of the molecule is CN(CCOCCOCCOCCOCCO)C(=O)CCCCCCOCCC(F)(F)F. The van der Waals surface area contributed by atoms with Crippen LogP contribution in [0.4, 0.5) is 13.2 Å². The Labute approximate surface area is 189 Å². The summed E-state index contributed by atoms with van der Waals surface area (Å²) >= 11 is 0. The molecule has 0 aliphatic carbocycles. The maximum absolute atomic E-state index is 12.0. The number of hydrogen-bond donors (Lipinski definition) is 1. The van der Waals surface area contributed by atoms with E-state index in [2.05, 4.69) is 0 Å². The standard InChI is InChI=1S/C21H40F3NO7/c1-25(8-12-29-14-16-31-18-19-32-17-15-30-13-9-26)20(27)6-4-2-3-5-10-28-11-7-21(22,23)24/h26H,2-19H2,1H3. The lowest BCUT2D eigenvalue weighted by atomic mass is 10.1. The summed E-state index contributed by atoms with van der Waals surface area (Å²) in [5.74, 6) is 0.0476. The number of rotatable bonds is 23. The van der Waals surface area contributed by atoms with Crippen LogP contribution in [0.25, 0.3) is 0 Å². The number of amides is 1. The first-order chi connectivity index (χ1) is 15.4. The minimum absolute atomic E-state index is 0.00462. The van der Waals surface area contributed by atoms with Crippen LogP contribution in [0, 0.1) is 0 Å². The van der Waals surface area contributed by atoms with Crippen molar-refractivity contribution in [1.29, 1.82) is 0 Å². The van der Waals surface area contributed by atoms with Crippen LogP contribution in [-0.2, 0) is 28.5 Å². The van der Waals surface area contributed by atoms with E-state index in [4.69, 9.17) is 28.8 Å². The molecule has 0 saturated heterocycles. The van der Waals surface area contributed by atoms with Gasteiger partial charge in [0.05, 0.1) is 72.5 Å². The van der Waals surface area contributed by atoms with Crippen LogP contribution >= 0.6 is 0 Å². The number of alkyl halides is 3. The molecule has 0 aromatic rings. The van der Waals surface area contributed by atoms with Crippen molar-refractivity contribution in [3.8, 4) is 0 Å². The molecule has 0 saturated carbocycles. The fraction of sp³-hybridized carbons (Fsp3) is 0.952. The lowest BCUT2D eigenvalue weighted by Crippen LogP contribution is -2.30. The van der Waals surface area contributed by atoms with Crippen molar-refractivity contribution in [2.75, 3.05) is 86.3 Å². The van der Waals surface area contributed by atoms with Crippen molar-refractivity contribution < 1.29 is 46.8 Å². The van der Waals surface area contributed by atoms with Gasteiger partial charge in [-0.2, -0.15) is 13.2 Å². The van der Waals surface area contributed by atoms with Crippen LogP contribution in [0.5, 0.6) is 0 Å². The number of aliphatic hydroxyl groups is 1. The molecule has 0 bridgehead atoms. The quantitative estimate of drug-likeness (QED) is 0.227. The monoisotopic (exact) mass is 475 g/mol. The van der Waals surface area contributed by atoms with Crippen LogP contribution < -0.4 is 0 Å². The lowest BCUT2D eigenvalue weighted by molar-refractivity contribution is -0.145. The van der Waals surface area contributed by atoms with Crippen molar-refractivity contribution in [3.63, 3.8) is 0 Å². The fourth-order valence-electron chi connectivity index (χ4n) is 2.47. The Morgan fingerprint density at radius 2 is 1.22 bits per heavy atom. The largest absolute Gasteiger partial charge is 0.394 e. The summed E-state index contributed by atoms with van der Waals surface area (Å²) in [5.41, 5.74) is 0. The minimum Gasteiger partial charge on any atom is -0.394 e. The molecule has 11 heteroatoms. The Balaban J connectivity index is 3.34. The average Bonchev–Trinajstić information content (AvgIpc) is 2.74. The van der Waals surface area contributed by atoms with Gasteiger partial charge in [0.15, 0.2) is 0 Å². The second kappa shape index (κ2) is 21.8. The summed E-state index contributed by atoms with van der Waals surface area (Å²) in [6.45, 7) is 3.98. The van der Waals surface area contributed by atoms with E-state index in [1.165, 1.54) is 0 Å². The third-order valence-electron chi connectivity index (χ3n) is 4.31. The maximum atomic E-state index is 12.0. The van der Waals surface area contributed by atoms with Crippen molar-refractivity contribution in [2.45, 2.75) is 44.7 Å². The number of ether oxygens (including phenoxy) is 5. The van der Waals surface area contributed by atoms with Gasteiger partial charge in [0, 0.05) is 26.6 Å². The maximum Gasteiger partial charge on any atom is 0.391 e. The smallest absolute Gasteiger partial charge is 0.391 e. The summed E-state index contributed by atoms with van der Waals surface area (Å²) in [6.07, 6.45) is -1.52. The van der Waals surface area contributed by atoms with Crippen LogP contribution in [0.15, 0.2) is 0 Å². The highest BCUT2D eigenvalue weighted by molar-refractivity contribution is 5.75. The zero-order valence-electron chi connectivity index (χ0n) is 19.2. The van der Waals surface area contributed by atoms with Crippen molar-refractivity contribution in [1.82, 2.24) is 4.90 Å². The van der Waals surface area contributed by atoms with Crippen LogP contribution in [0.3, 0.4) is 0 Å². The second-order valence-electron chi connectivity index (χ2n) is 7.13. The molecule has 0 radical (unpaired) electrons. The molecule has 1 N–H and O–H groups in total. The highest BCUT2D eigenvalue weighted by atomic mass is 19.4. The molecule has 8 nitrogen and oxygen atoms in total. The van der Waals surface area contributed by atoms with Gasteiger partial charge in [-0.3, -0.25) is 4.79 Å². The van der Waals surface area contributed by atoms with Gasteiger partial charge in [-0.1, -0.05) is 12.8 Å². The van der Waals surface area contributed by atoms with Crippen LogP contribution in [0.1, 0.15) is 38.5 Å². The molecular formula is C21H40F3NO7. The van der Waals surface area contributed by atoms with Gasteiger partial charge in [-0.15, -0.1) is 0 Å². The Morgan fingerprint density at radius 1 is 0.719 bits per heavy atom. The highest BCUT2D eigenvalue weighted by Gasteiger charge is 2.26. The molecule has 0 fully saturated rings. The number of halogens is 3. The summed E-state index contributed by atoms with van der Waals surface area (Å²) in [6, 6.07) is 0. The predicted molar refractivity (Wildman–Crippen MR) is 113 cm³/mol. The van der Waals surface area contributed by atoms with Crippen LogP contribution in [0.2, 0.25) is 0 Å². The number of carbonyl (C=O) groups is 1. The Morgan fingerprint density at radius 3 is 1.78 bits per heavy atom. The molecule has 0 atom stereocenters. The second-order valence-corrected chi connectivity index (χ2v) is 7.13. The van der Waals surface area contributed by atoms with Gasteiger partial charge in [0.2, 0.25) is 5.91 Å². The van der Waals surface area contributed by atoms with Crippen molar-refractivity contribution in [2.24, 2.45) is 0 Å². The summed E-state index contributed by atoms with van der Waals surface area (Å²) in [7, 11) is 1.73. The van der Waals surface area contributed by atoms with Crippen molar-refractivity contribution in [3.05, 3.63) is 0 Å². The van der Waals surface area contributed by atoms with Gasteiger partial charge in [-0.25, -0.2) is 0 Å². The van der Waals surface area contributed by atoms with Crippen molar-refractivity contribution >= 4 is 5.91 Å². The number of aliphatic hydroxyl groups excluding tert-OH is 1. The Kier molecular flexibility index (Phi) is 21.2. The average molecular weight is 476 g/mol. The summed E-state index contributed by atoms with van der Waals surface area (Å²) in [5, 5.41) is 8.54. The third kappa shape index (κ3) is 23.7. The summed E-state index contributed by atoms with van der Waals surface area (Å²) < 4.78 is 62.0. The van der Waals surface area contributed by atoms with E-state index in [1.54, 1.807) is 11.9 Å². The van der Waals surface area contributed by atoms with Gasteiger partial charge < -0.3 is 33.7 Å². The summed E-state index contributed by atoms with van der Waals surface area (Å²) in [4.78, 5) is 13.7. The molecule has 0 aliphatic rings. The number of carbonyl (C=O) groups excluding carboxylic acids is 1. The first-order valence-electron chi connectivity index (χ1n) is 11.2. The number of unbranched alkanes of at least 4 members (excludes halogenated alkanes) is 3. The zero-order chi connectivity index (χ0) is 23.9. The third-order valence-corrected chi connectivity index (χ3v) is 4.31. The van der Waals surface area contributed by atoms with E-state index < -0.39 is 12.6 Å². The normalized spacial score (nSPS) is 11.8. The molecule has 0 aliphatic heterocycles. The van der Waals surface area contributed by atoms with Gasteiger partial charge >= 0.3 is 6.18 Å². The van der Waals surface area contributed by atoms with E-state index in [1.807, 2.05) is 0 Å². The minimum atomic E-state index is -4.17.